The van der Waals surface area contributed by atoms with Crippen molar-refractivity contribution in [1.29, 1.82) is 0 Å². The fourth-order valence-electron chi connectivity index (χ4n) is 4.52. The Morgan fingerprint density at radius 2 is 1.80 bits per heavy atom. The zero-order valence-corrected chi connectivity index (χ0v) is 17.7. The van der Waals surface area contributed by atoms with Crippen LogP contribution in [0.5, 0.6) is 5.75 Å². The fraction of sp³-hybridized carbons (Fsp3) is 0.480. The molecule has 2 amide bonds. The van der Waals surface area contributed by atoms with Crippen molar-refractivity contribution in [2.24, 2.45) is 5.92 Å². The number of amides is 2. The predicted molar refractivity (Wildman–Crippen MR) is 120 cm³/mol. The van der Waals surface area contributed by atoms with Gasteiger partial charge in [0, 0.05) is 6.54 Å². The molecule has 4 rings (SSSR count). The largest absolute Gasteiger partial charge is 0.491 e. The number of nitrogens with zero attached hydrogens (tertiary/aromatic N) is 1. The summed E-state index contributed by atoms with van der Waals surface area (Å²) in [6.45, 7) is 4.63. The highest BCUT2D eigenvalue weighted by atomic mass is 16.5. The highest BCUT2D eigenvalue weighted by molar-refractivity contribution is 5.74. The van der Waals surface area contributed by atoms with Crippen LogP contribution >= 0.6 is 0 Å². The van der Waals surface area contributed by atoms with Gasteiger partial charge < -0.3 is 20.3 Å². The summed E-state index contributed by atoms with van der Waals surface area (Å²) in [5.41, 5.74) is 2.61. The van der Waals surface area contributed by atoms with E-state index in [4.69, 9.17) is 4.74 Å². The molecule has 5 nitrogen and oxygen atoms in total. The number of para-hydroxylation sites is 1. The molecule has 160 valence electrons. The summed E-state index contributed by atoms with van der Waals surface area (Å²) in [6, 6.07) is 18.8. The van der Waals surface area contributed by atoms with E-state index in [1.807, 2.05) is 18.2 Å². The summed E-state index contributed by atoms with van der Waals surface area (Å²) >= 11 is 0. The second-order valence-corrected chi connectivity index (χ2v) is 8.55. The van der Waals surface area contributed by atoms with E-state index in [2.05, 4.69) is 51.9 Å². The van der Waals surface area contributed by atoms with Gasteiger partial charge >= 0.3 is 6.03 Å². The van der Waals surface area contributed by atoms with Gasteiger partial charge in [-0.2, -0.15) is 0 Å². The highest BCUT2D eigenvalue weighted by Crippen LogP contribution is 2.24. The summed E-state index contributed by atoms with van der Waals surface area (Å²) < 4.78 is 5.74. The van der Waals surface area contributed by atoms with Crippen molar-refractivity contribution in [1.82, 2.24) is 15.5 Å². The van der Waals surface area contributed by atoms with Gasteiger partial charge in [0.25, 0.3) is 0 Å². The third kappa shape index (κ3) is 5.99. The number of piperidine rings is 1. The van der Waals surface area contributed by atoms with E-state index < -0.39 is 0 Å². The van der Waals surface area contributed by atoms with Gasteiger partial charge in [-0.15, -0.1) is 0 Å². The van der Waals surface area contributed by atoms with Crippen molar-refractivity contribution in [2.75, 3.05) is 32.8 Å². The number of urea groups is 1. The van der Waals surface area contributed by atoms with Gasteiger partial charge in [0.15, 0.2) is 0 Å². The van der Waals surface area contributed by atoms with E-state index in [0.717, 1.165) is 36.6 Å². The van der Waals surface area contributed by atoms with Crippen molar-refractivity contribution in [3.05, 3.63) is 65.7 Å². The number of rotatable bonds is 7. The van der Waals surface area contributed by atoms with Crippen LogP contribution in [0, 0.1) is 5.92 Å². The molecule has 0 saturated carbocycles. The maximum atomic E-state index is 12.2. The molecule has 0 aromatic heterocycles. The number of benzene rings is 2. The van der Waals surface area contributed by atoms with Crippen LogP contribution in [0.2, 0.25) is 0 Å². The molecule has 1 saturated heterocycles. The van der Waals surface area contributed by atoms with Gasteiger partial charge in [0.05, 0.1) is 6.04 Å². The van der Waals surface area contributed by atoms with Crippen molar-refractivity contribution >= 4 is 6.03 Å². The maximum Gasteiger partial charge on any atom is 0.315 e. The number of hydrogen-bond acceptors (Lipinski definition) is 3. The first-order valence-electron chi connectivity index (χ1n) is 11.3. The van der Waals surface area contributed by atoms with Crippen LogP contribution in [-0.4, -0.2) is 49.8 Å². The van der Waals surface area contributed by atoms with Gasteiger partial charge in [-0.1, -0.05) is 48.5 Å². The molecule has 2 aromatic carbocycles. The molecule has 1 fully saturated rings. The van der Waals surface area contributed by atoms with Gasteiger partial charge in [0.2, 0.25) is 0 Å². The zero-order chi connectivity index (χ0) is 20.6. The van der Waals surface area contributed by atoms with Crippen molar-refractivity contribution in [3.63, 3.8) is 0 Å². The normalized spacial score (nSPS) is 19.5. The van der Waals surface area contributed by atoms with E-state index in [1.165, 1.54) is 37.9 Å². The minimum absolute atomic E-state index is 0.0311. The Morgan fingerprint density at radius 1 is 1.03 bits per heavy atom. The number of ether oxygens (including phenoxy) is 1. The fourth-order valence-corrected chi connectivity index (χ4v) is 4.52. The lowest BCUT2D eigenvalue weighted by molar-refractivity contribution is 0.181. The lowest BCUT2D eigenvalue weighted by atomic mass is 9.90. The van der Waals surface area contributed by atoms with Gasteiger partial charge in [-0.05, 0) is 74.8 Å². The lowest BCUT2D eigenvalue weighted by Gasteiger charge is -2.32. The summed E-state index contributed by atoms with van der Waals surface area (Å²) in [5, 5.41) is 6.04. The SMILES string of the molecule is O=C(NCCCN1CCC(Cc2ccccc2)CC1)N[C@H]1COc2ccccc2C1. The van der Waals surface area contributed by atoms with Crippen LogP contribution in [0.3, 0.4) is 0 Å². The van der Waals surface area contributed by atoms with Crippen LogP contribution in [0.1, 0.15) is 30.4 Å². The van der Waals surface area contributed by atoms with Gasteiger partial charge in [0.1, 0.15) is 12.4 Å². The molecule has 2 heterocycles. The molecule has 0 radical (unpaired) electrons. The minimum atomic E-state index is -0.0930. The van der Waals surface area contributed by atoms with Crippen LogP contribution in [0.4, 0.5) is 4.79 Å². The molecule has 0 aliphatic carbocycles. The van der Waals surface area contributed by atoms with Crippen LogP contribution in [0.15, 0.2) is 54.6 Å². The Kier molecular flexibility index (Phi) is 7.25. The molecule has 2 aliphatic rings. The lowest BCUT2D eigenvalue weighted by Crippen LogP contribution is -2.47. The Balaban J connectivity index is 1.08. The third-order valence-corrected chi connectivity index (χ3v) is 6.23. The Hall–Kier alpha value is -2.53. The predicted octanol–water partition coefficient (Wildman–Crippen LogP) is 3.63. The number of fused-ring (bicyclic) bond motifs is 1. The summed E-state index contributed by atoms with van der Waals surface area (Å²) in [5.74, 6) is 1.74. The Labute approximate surface area is 179 Å². The smallest absolute Gasteiger partial charge is 0.315 e. The van der Waals surface area contributed by atoms with Crippen molar-refractivity contribution in [2.45, 2.75) is 38.1 Å². The topological polar surface area (TPSA) is 53.6 Å². The first kappa shape index (κ1) is 20.7. The molecular formula is C25H33N3O2. The number of carbonyl (C=O) groups excluding carboxylic acids is 1. The monoisotopic (exact) mass is 407 g/mol. The third-order valence-electron chi connectivity index (χ3n) is 6.23. The van der Waals surface area contributed by atoms with Gasteiger partial charge in [-0.25, -0.2) is 4.79 Å². The van der Waals surface area contributed by atoms with E-state index in [-0.39, 0.29) is 12.1 Å². The molecule has 2 aliphatic heterocycles. The number of hydrogen-bond donors (Lipinski definition) is 2. The molecule has 1 atom stereocenters. The van der Waals surface area contributed by atoms with Gasteiger partial charge in [-0.3, -0.25) is 0 Å². The molecule has 0 spiro atoms. The molecule has 0 bridgehead atoms. The molecule has 2 aromatic rings. The summed E-state index contributed by atoms with van der Waals surface area (Å²) in [6.07, 6.45) is 5.55. The van der Waals surface area contributed by atoms with Crippen molar-refractivity contribution < 1.29 is 9.53 Å². The average molecular weight is 408 g/mol. The zero-order valence-electron chi connectivity index (χ0n) is 17.7. The quantitative estimate of drug-likeness (QED) is 0.689. The second kappa shape index (κ2) is 10.5. The molecule has 30 heavy (non-hydrogen) atoms. The minimum Gasteiger partial charge on any atom is -0.491 e. The standard InChI is InChI=1S/C25H33N3O2/c29-25(27-23-18-22-9-4-5-10-24(22)30-19-23)26-13-6-14-28-15-11-21(12-16-28)17-20-7-2-1-3-8-20/h1-5,7-10,21,23H,6,11-19H2,(H2,26,27,29)/t23-/m1/s1. The number of likely N-dealkylation sites (tertiary alicyclic amines) is 1. The molecule has 0 unspecified atom stereocenters. The Bertz CT molecular complexity index is 803. The second-order valence-electron chi connectivity index (χ2n) is 8.55. The molecule has 5 heteroatoms. The van der Waals surface area contributed by atoms with Crippen LogP contribution < -0.4 is 15.4 Å². The van der Waals surface area contributed by atoms with E-state index in [0.29, 0.717) is 13.2 Å². The van der Waals surface area contributed by atoms with E-state index in [1.54, 1.807) is 0 Å². The van der Waals surface area contributed by atoms with E-state index in [9.17, 15) is 4.79 Å². The maximum absolute atomic E-state index is 12.2. The summed E-state index contributed by atoms with van der Waals surface area (Å²) in [7, 11) is 0. The highest BCUT2D eigenvalue weighted by Gasteiger charge is 2.21. The average Bonchev–Trinajstić information content (AvgIpc) is 2.78. The number of nitrogens with one attached hydrogen (secondary N) is 2. The number of carbonyl (C=O) groups is 1. The molecular weight excluding hydrogens is 374 g/mol. The summed E-state index contributed by atoms with van der Waals surface area (Å²) in [4.78, 5) is 14.7. The van der Waals surface area contributed by atoms with Crippen LogP contribution in [0.25, 0.3) is 0 Å². The Morgan fingerprint density at radius 3 is 2.63 bits per heavy atom. The van der Waals surface area contributed by atoms with E-state index >= 15 is 0 Å². The van der Waals surface area contributed by atoms with Crippen LogP contribution in [-0.2, 0) is 12.8 Å². The first-order valence-corrected chi connectivity index (χ1v) is 11.3. The first-order chi connectivity index (χ1) is 14.8. The van der Waals surface area contributed by atoms with Crippen molar-refractivity contribution in [3.8, 4) is 5.75 Å². The molecule has 2 N–H and O–H groups in total.